The second kappa shape index (κ2) is 9.19. The van der Waals surface area contributed by atoms with Gasteiger partial charge in [-0.1, -0.05) is 30.5 Å². The first kappa shape index (κ1) is 20.9. The summed E-state index contributed by atoms with van der Waals surface area (Å²) in [7, 11) is 0. The number of piperidine rings is 1. The Labute approximate surface area is 178 Å². The normalized spacial score (nSPS) is 21.3. The van der Waals surface area contributed by atoms with E-state index in [9.17, 15) is 14.4 Å². The van der Waals surface area contributed by atoms with Gasteiger partial charge in [0.1, 0.15) is 6.04 Å². The molecule has 30 heavy (non-hydrogen) atoms. The van der Waals surface area contributed by atoms with E-state index in [0.29, 0.717) is 18.7 Å². The third-order valence-electron chi connectivity index (χ3n) is 6.83. The largest absolute Gasteiger partial charge is 0.352 e. The van der Waals surface area contributed by atoms with Crippen molar-refractivity contribution in [1.82, 2.24) is 15.5 Å². The van der Waals surface area contributed by atoms with Crippen LogP contribution in [0.4, 0.5) is 0 Å². The fraction of sp³-hybridized carbons (Fsp3) is 0.625. The SMILES string of the molecule is Cc1ccc(C(=O)N[C@@H](C(=O)NC2CC2)C2CCN(C(=O)C3CCCC3)CC2)cc1. The number of carbonyl (C=O) groups excluding carboxylic acids is 3. The fourth-order valence-corrected chi connectivity index (χ4v) is 4.73. The number of amides is 3. The number of benzene rings is 1. The summed E-state index contributed by atoms with van der Waals surface area (Å²) in [6.07, 6.45) is 7.85. The summed E-state index contributed by atoms with van der Waals surface area (Å²) in [5.74, 6) is 0.227. The molecule has 0 aromatic heterocycles. The maximum absolute atomic E-state index is 12.9. The smallest absolute Gasteiger partial charge is 0.251 e. The first-order chi connectivity index (χ1) is 14.5. The van der Waals surface area contributed by atoms with Gasteiger partial charge < -0.3 is 15.5 Å². The molecule has 6 heteroatoms. The van der Waals surface area contributed by atoms with E-state index in [1.54, 1.807) is 12.1 Å². The van der Waals surface area contributed by atoms with Crippen LogP contribution in [-0.2, 0) is 9.59 Å². The van der Waals surface area contributed by atoms with Gasteiger partial charge in [-0.25, -0.2) is 0 Å². The summed E-state index contributed by atoms with van der Waals surface area (Å²) in [5, 5.41) is 6.06. The highest BCUT2D eigenvalue weighted by Gasteiger charge is 2.37. The molecule has 2 saturated carbocycles. The van der Waals surface area contributed by atoms with Gasteiger partial charge in [-0.05, 0) is 63.5 Å². The highest BCUT2D eigenvalue weighted by atomic mass is 16.2. The van der Waals surface area contributed by atoms with E-state index >= 15 is 0 Å². The number of nitrogens with zero attached hydrogens (tertiary/aromatic N) is 1. The topological polar surface area (TPSA) is 78.5 Å². The number of likely N-dealkylation sites (tertiary alicyclic amines) is 1. The summed E-state index contributed by atoms with van der Waals surface area (Å²) in [4.78, 5) is 40.4. The van der Waals surface area contributed by atoms with Gasteiger partial charge in [-0.2, -0.15) is 0 Å². The maximum atomic E-state index is 12.9. The summed E-state index contributed by atoms with van der Waals surface area (Å²) in [6.45, 7) is 3.33. The van der Waals surface area contributed by atoms with Gasteiger partial charge >= 0.3 is 0 Å². The van der Waals surface area contributed by atoms with Gasteiger partial charge in [0.2, 0.25) is 11.8 Å². The molecule has 1 saturated heterocycles. The van der Waals surface area contributed by atoms with Crippen LogP contribution < -0.4 is 10.6 Å². The van der Waals surface area contributed by atoms with E-state index in [0.717, 1.165) is 56.9 Å². The zero-order chi connectivity index (χ0) is 21.1. The number of nitrogens with one attached hydrogen (secondary N) is 2. The summed E-state index contributed by atoms with van der Waals surface area (Å²) in [6, 6.07) is 7.10. The Bertz CT molecular complexity index is 773. The van der Waals surface area contributed by atoms with Crippen LogP contribution in [0.2, 0.25) is 0 Å². The molecule has 1 atom stereocenters. The van der Waals surface area contributed by atoms with E-state index in [2.05, 4.69) is 10.6 Å². The van der Waals surface area contributed by atoms with Gasteiger partial charge in [-0.15, -0.1) is 0 Å². The van der Waals surface area contributed by atoms with Crippen molar-refractivity contribution in [1.29, 1.82) is 0 Å². The van der Waals surface area contributed by atoms with E-state index in [-0.39, 0.29) is 35.6 Å². The Hall–Kier alpha value is -2.37. The average Bonchev–Trinajstić information content (AvgIpc) is 3.40. The Kier molecular flexibility index (Phi) is 6.40. The lowest BCUT2D eigenvalue weighted by Gasteiger charge is -2.36. The third-order valence-corrected chi connectivity index (χ3v) is 6.83. The van der Waals surface area contributed by atoms with Crippen LogP contribution in [0.15, 0.2) is 24.3 Å². The lowest BCUT2D eigenvalue weighted by Crippen LogP contribution is -2.54. The van der Waals surface area contributed by atoms with Crippen LogP contribution in [-0.4, -0.2) is 47.8 Å². The van der Waals surface area contributed by atoms with E-state index in [1.165, 1.54) is 0 Å². The molecule has 3 fully saturated rings. The zero-order valence-electron chi connectivity index (χ0n) is 17.9. The van der Waals surface area contributed by atoms with Crippen LogP contribution in [0.25, 0.3) is 0 Å². The first-order valence-corrected chi connectivity index (χ1v) is 11.5. The Morgan fingerprint density at radius 3 is 2.17 bits per heavy atom. The molecule has 6 nitrogen and oxygen atoms in total. The van der Waals surface area contributed by atoms with E-state index in [1.807, 2.05) is 24.0 Å². The summed E-state index contributed by atoms with van der Waals surface area (Å²) in [5.41, 5.74) is 1.66. The van der Waals surface area contributed by atoms with E-state index in [4.69, 9.17) is 0 Å². The maximum Gasteiger partial charge on any atom is 0.251 e. The van der Waals surface area contributed by atoms with Gasteiger partial charge in [-0.3, -0.25) is 14.4 Å². The number of aryl methyl sites for hydroxylation is 1. The second-order valence-corrected chi connectivity index (χ2v) is 9.24. The highest BCUT2D eigenvalue weighted by molar-refractivity contribution is 5.97. The molecule has 1 aliphatic heterocycles. The Morgan fingerprint density at radius 2 is 1.57 bits per heavy atom. The number of hydrogen-bond acceptors (Lipinski definition) is 3. The molecule has 0 radical (unpaired) electrons. The lowest BCUT2D eigenvalue weighted by atomic mass is 9.87. The van der Waals surface area contributed by atoms with Gasteiger partial charge in [0.15, 0.2) is 0 Å². The van der Waals surface area contributed by atoms with Crippen molar-refractivity contribution >= 4 is 17.7 Å². The van der Waals surface area contributed by atoms with Crippen molar-refractivity contribution in [2.45, 2.75) is 70.4 Å². The molecule has 0 spiro atoms. The average molecular weight is 412 g/mol. The van der Waals surface area contributed by atoms with Crippen LogP contribution in [0, 0.1) is 18.8 Å². The van der Waals surface area contributed by atoms with Crippen molar-refractivity contribution < 1.29 is 14.4 Å². The van der Waals surface area contributed by atoms with Gasteiger partial charge in [0.05, 0.1) is 0 Å². The predicted molar refractivity (Wildman–Crippen MR) is 115 cm³/mol. The molecule has 4 rings (SSSR count). The fourth-order valence-electron chi connectivity index (χ4n) is 4.73. The Morgan fingerprint density at radius 1 is 0.933 bits per heavy atom. The quantitative estimate of drug-likeness (QED) is 0.756. The second-order valence-electron chi connectivity index (χ2n) is 9.24. The molecule has 1 aromatic rings. The molecule has 3 amide bonds. The molecule has 162 valence electrons. The molecular formula is C24H33N3O3. The lowest BCUT2D eigenvalue weighted by molar-refractivity contribution is -0.137. The molecule has 3 aliphatic rings. The summed E-state index contributed by atoms with van der Waals surface area (Å²) >= 11 is 0. The van der Waals surface area contributed by atoms with Crippen LogP contribution >= 0.6 is 0 Å². The molecular weight excluding hydrogens is 378 g/mol. The predicted octanol–water partition coefficient (Wildman–Crippen LogP) is 2.80. The number of rotatable bonds is 6. The summed E-state index contributed by atoms with van der Waals surface area (Å²) < 4.78 is 0. The zero-order valence-corrected chi connectivity index (χ0v) is 17.9. The molecule has 2 aliphatic carbocycles. The molecule has 0 bridgehead atoms. The monoisotopic (exact) mass is 411 g/mol. The first-order valence-electron chi connectivity index (χ1n) is 11.5. The Balaban J connectivity index is 1.39. The van der Waals surface area contributed by atoms with Crippen molar-refractivity contribution in [3.05, 3.63) is 35.4 Å². The number of carbonyl (C=O) groups is 3. The molecule has 2 N–H and O–H groups in total. The van der Waals surface area contributed by atoms with Crippen LogP contribution in [0.1, 0.15) is 67.3 Å². The van der Waals surface area contributed by atoms with Crippen LogP contribution in [0.3, 0.4) is 0 Å². The molecule has 0 unspecified atom stereocenters. The standard InChI is InChI=1S/C24H33N3O3/c1-16-6-8-18(9-7-16)22(28)26-21(23(29)25-20-10-11-20)17-12-14-27(15-13-17)24(30)19-4-2-3-5-19/h6-9,17,19-21H,2-5,10-15H2,1H3,(H,25,29)(H,26,28)/t21-/m1/s1. The van der Waals surface area contributed by atoms with Crippen molar-refractivity contribution in [3.63, 3.8) is 0 Å². The highest BCUT2D eigenvalue weighted by Crippen LogP contribution is 2.29. The van der Waals surface area contributed by atoms with Crippen molar-refractivity contribution in [2.24, 2.45) is 11.8 Å². The van der Waals surface area contributed by atoms with Gasteiger partial charge in [0, 0.05) is 30.6 Å². The van der Waals surface area contributed by atoms with Crippen molar-refractivity contribution in [3.8, 4) is 0 Å². The van der Waals surface area contributed by atoms with E-state index < -0.39 is 6.04 Å². The minimum atomic E-state index is -0.553. The van der Waals surface area contributed by atoms with Crippen molar-refractivity contribution in [2.75, 3.05) is 13.1 Å². The number of hydrogen-bond donors (Lipinski definition) is 2. The third kappa shape index (κ3) is 5.02. The van der Waals surface area contributed by atoms with Crippen LogP contribution in [0.5, 0.6) is 0 Å². The van der Waals surface area contributed by atoms with Gasteiger partial charge in [0.25, 0.3) is 5.91 Å². The molecule has 1 heterocycles. The minimum absolute atomic E-state index is 0.0470. The minimum Gasteiger partial charge on any atom is -0.352 e. The molecule has 1 aromatic carbocycles.